The quantitative estimate of drug-likeness (QED) is 0.574. The van der Waals surface area contributed by atoms with Crippen LogP contribution in [0.4, 0.5) is 0 Å². The molecule has 0 spiro atoms. The molecule has 0 bridgehead atoms. The summed E-state index contributed by atoms with van der Waals surface area (Å²) in [6.07, 6.45) is 0.372. The zero-order valence-corrected chi connectivity index (χ0v) is 13.3. The Kier molecular flexibility index (Phi) is 3.45. The van der Waals surface area contributed by atoms with Gasteiger partial charge in [-0.3, -0.25) is 0 Å². The highest BCUT2D eigenvalue weighted by Crippen LogP contribution is 2.26. The Hall–Kier alpha value is -3.22. The number of benzene rings is 1. The smallest absolute Gasteiger partial charge is 0.274 e. The van der Waals surface area contributed by atoms with Gasteiger partial charge in [0.2, 0.25) is 5.89 Å². The van der Waals surface area contributed by atoms with Crippen LogP contribution in [0.15, 0.2) is 51.5 Å². The fourth-order valence-electron chi connectivity index (χ4n) is 2.61. The Balaban J connectivity index is 1.62. The average molecular weight is 321 g/mol. The van der Waals surface area contributed by atoms with Crippen LogP contribution in [0, 0.1) is 6.92 Å². The summed E-state index contributed by atoms with van der Waals surface area (Å²) >= 11 is 0. The third kappa shape index (κ3) is 2.60. The van der Waals surface area contributed by atoms with Crippen LogP contribution in [0.2, 0.25) is 0 Å². The third-order valence-electron chi connectivity index (χ3n) is 3.76. The van der Waals surface area contributed by atoms with Crippen molar-refractivity contribution in [3.8, 4) is 22.8 Å². The summed E-state index contributed by atoms with van der Waals surface area (Å²) in [4.78, 5) is 8.58. The van der Waals surface area contributed by atoms with Crippen molar-refractivity contribution in [1.29, 1.82) is 0 Å². The molecule has 0 aliphatic rings. The molecule has 7 nitrogen and oxygen atoms in total. The topological polar surface area (TPSA) is 82.8 Å². The summed E-state index contributed by atoms with van der Waals surface area (Å²) in [5.41, 5.74) is 3.07. The molecule has 7 heteroatoms. The van der Waals surface area contributed by atoms with Crippen molar-refractivity contribution in [1.82, 2.24) is 24.8 Å². The van der Waals surface area contributed by atoms with Crippen LogP contribution in [-0.4, -0.2) is 24.8 Å². The highest BCUT2D eigenvalue weighted by atomic mass is 16.5. The van der Waals surface area contributed by atoms with E-state index in [0.29, 0.717) is 29.9 Å². The minimum atomic E-state index is 0.372. The van der Waals surface area contributed by atoms with Gasteiger partial charge in [-0.15, -0.1) is 0 Å². The van der Waals surface area contributed by atoms with Gasteiger partial charge in [-0.05, 0) is 17.7 Å². The van der Waals surface area contributed by atoms with Gasteiger partial charge in [-0.1, -0.05) is 40.6 Å². The van der Waals surface area contributed by atoms with Gasteiger partial charge >= 0.3 is 0 Å². The van der Waals surface area contributed by atoms with E-state index in [2.05, 4.69) is 32.4 Å². The number of aromatic nitrogens is 5. The summed E-state index contributed by atoms with van der Waals surface area (Å²) in [6.45, 7) is 1.74. The van der Waals surface area contributed by atoms with E-state index in [0.717, 1.165) is 17.0 Å². The molecule has 0 N–H and O–H groups in total. The van der Waals surface area contributed by atoms with Gasteiger partial charge in [0.1, 0.15) is 5.69 Å². The minimum Gasteiger partial charge on any atom is -0.340 e. The van der Waals surface area contributed by atoms with Gasteiger partial charge in [0.25, 0.3) is 5.89 Å². The molecule has 24 heavy (non-hydrogen) atoms. The molecule has 3 heterocycles. The Morgan fingerprint density at radius 3 is 2.33 bits per heavy atom. The van der Waals surface area contributed by atoms with Crippen molar-refractivity contribution in [2.24, 2.45) is 7.05 Å². The summed E-state index contributed by atoms with van der Waals surface area (Å²) < 4.78 is 12.4. The minimum absolute atomic E-state index is 0.372. The average Bonchev–Trinajstić information content (AvgIpc) is 3.29. The second-order valence-electron chi connectivity index (χ2n) is 5.45. The van der Waals surface area contributed by atoms with Crippen LogP contribution < -0.4 is 0 Å². The Labute approximate surface area is 137 Å². The number of hydrogen-bond donors (Lipinski definition) is 0. The first-order chi connectivity index (χ1) is 11.7. The molecule has 0 fully saturated rings. The predicted octanol–water partition coefficient (Wildman–Crippen LogP) is 3.02. The lowest BCUT2D eigenvalue weighted by atomic mass is 10.2. The van der Waals surface area contributed by atoms with Crippen LogP contribution in [0.5, 0.6) is 0 Å². The first-order valence-electron chi connectivity index (χ1n) is 7.54. The molecule has 4 rings (SSSR count). The fourth-order valence-corrected chi connectivity index (χ4v) is 2.61. The second kappa shape index (κ2) is 5.77. The molecule has 0 aliphatic heterocycles. The third-order valence-corrected chi connectivity index (χ3v) is 3.76. The van der Waals surface area contributed by atoms with Crippen LogP contribution >= 0.6 is 0 Å². The van der Waals surface area contributed by atoms with Crippen molar-refractivity contribution in [3.05, 3.63) is 60.0 Å². The SMILES string of the molecule is Cc1nc(Cc2noc(-c3ccc(-c4ccccc4)n3C)n2)no1. The largest absolute Gasteiger partial charge is 0.340 e. The van der Waals surface area contributed by atoms with E-state index in [1.807, 2.05) is 41.9 Å². The number of nitrogens with zero attached hydrogens (tertiary/aromatic N) is 5. The number of hydrogen-bond acceptors (Lipinski definition) is 6. The van der Waals surface area contributed by atoms with E-state index in [1.165, 1.54) is 0 Å². The van der Waals surface area contributed by atoms with Gasteiger partial charge in [0, 0.05) is 19.7 Å². The van der Waals surface area contributed by atoms with Crippen molar-refractivity contribution in [3.63, 3.8) is 0 Å². The molecule has 0 amide bonds. The monoisotopic (exact) mass is 321 g/mol. The summed E-state index contributed by atoms with van der Waals surface area (Å²) in [5.74, 6) is 2.04. The molecule has 0 atom stereocenters. The maximum Gasteiger partial charge on any atom is 0.274 e. The van der Waals surface area contributed by atoms with Gasteiger partial charge in [-0.2, -0.15) is 9.97 Å². The Morgan fingerprint density at radius 1 is 0.875 bits per heavy atom. The molecular formula is C17H15N5O2. The lowest BCUT2D eigenvalue weighted by molar-refractivity contribution is 0.387. The van der Waals surface area contributed by atoms with E-state index >= 15 is 0 Å². The van der Waals surface area contributed by atoms with Crippen LogP contribution in [-0.2, 0) is 13.5 Å². The van der Waals surface area contributed by atoms with Gasteiger partial charge in [0.05, 0.1) is 6.42 Å². The summed E-state index contributed by atoms with van der Waals surface area (Å²) in [7, 11) is 1.98. The standard InChI is InChI=1S/C17H15N5O2/c1-11-18-15(20-23-11)10-16-19-17(24-21-16)14-9-8-13(22(14)2)12-6-4-3-5-7-12/h3-9H,10H2,1-2H3. The lowest BCUT2D eigenvalue weighted by Crippen LogP contribution is -1.96. The summed E-state index contributed by atoms with van der Waals surface area (Å²) in [6, 6.07) is 14.2. The van der Waals surface area contributed by atoms with Crippen molar-refractivity contribution in [2.75, 3.05) is 0 Å². The van der Waals surface area contributed by atoms with Gasteiger partial charge in [0.15, 0.2) is 11.6 Å². The van der Waals surface area contributed by atoms with Crippen molar-refractivity contribution in [2.45, 2.75) is 13.3 Å². The van der Waals surface area contributed by atoms with E-state index in [4.69, 9.17) is 9.05 Å². The normalized spacial score (nSPS) is 11.1. The van der Waals surface area contributed by atoms with Crippen LogP contribution in [0.1, 0.15) is 17.5 Å². The number of rotatable bonds is 4. The molecule has 0 unspecified atom stereocenters. The second-order valence-corrected chi connectivity index (χ2v) is 5.45. The molecule has 0 saturated heterocycles. The van der Waals surface area contributed by atoms with E-state index < -0.39 is 0 Å². The Bertz CT molecular complexity index is 968. The molecule has 0 saturated carbocycles. The summed E-state index contributed by atoms with van der Waals surface area (Å²) in [5, 5.41) is 7.84. The zero-order chi connectivity index (χ0) is 16.5. The molecule has 0 aliphatic carbocycles. The molecule has 4 aromatic rings. The van der Waals surface area contributed by atoms with Crippen LogP contribution in [0.3, 0.4) is 0 Å². The van der Waals surface area contributed by atoms with Crippen molar-refractivity contribution >= 4 is 0 Å². The van der Waals surface area contributed by atoms with E-state index in [1.54, 1.807) is 6.92 Å². The molecule has 1 aromatic carbocycles. The van der Waals surface area contributed by atoms with E-state index in [-0.39, 0.29) is 0 Å². The van der Waals surface area contributed by atoms with Crippen LogP contribution in [0.25, 0.3) is 22.8 Å². The number of aryl methyl sites for hydroxylation is 1. The first kappa shape index (κ1) is 14.4. The maximum absolute atomic E-state index is 5.39. The Morgan fingerprint density at radius 2 is 1.58 bits per heavy atom. The maximum atomic E-state index is 5.39. The lowest BCUT2D eigenvalue weighted by Gasteiger charge is -2.05. The molecular weight excluding hydrogens is 306 g/mol. The molecule has 120 valence electrons. The van der Waals surface area contributed by atoms with Gasteiger partial charge in [-0.25, -0.2) is 0 Å². The highest BCUT2D eigenvalue weighted by Gasteiger charge is 2.16. The molecule has 3 aromatic heterocycles. The predicted molar refractivity (Wildman–Crippen MR) is 86.0 cm³/mol. The van der Waals surface area contributed by atoms with E-state index in [9.17, 15) is 0 Å². The van der Waals surface area contributed by atoms with Crippen molar-refractivity contribution < 1.29 is 9.05 Å². The van der Waals surface area contributed by atoms with Gasteiger partial charge < -0.3 is 13.6 Å². The zero-order valence-electron chi connectivity index (χ0n) is 13.3. The fraction of sp³-hybridized carbons (Fsp3) is 0.176. The highest BCUT2D eigenvalue weighted by molar-refractivity contribution is 5.65. The molecule has 0 radical (unpaired) electrons. The first-order valence-corrected chi connectivity index (χ1v) is 7.54.